The Kier molecular flexibility index (Phi) is 5.38. The van der Waals surface area contributed by atoms with Gasteiger partial charge in [-0.2, -0.15) is 0 Å². The van der Waals surface area contributed by atoms with Crippen molar-refractivity contribution in [3.05, 3.63) is 0 Å². The molecule has 0 aromatic rings. The lowest BCUT2D eigenvalue weighted by atomic mass is 9.83. The van der Waals surface area contributed by atoms with E-state index in [1.54, 1.807) is 0 Å². The van der Waals surface area contributed by atoms with E-state index in [-0.39, 0.29) is 11.6 Å². The molecule has 0 aromatic heterocycles. The minimum Gasteiger partial charge on any atom is -0.444 e. The van der Waals surface area contributed by atoms with Crippen molar-refractivity contribution in [2.24, 2.45) is 11.7 Å². The molecule has 0 aliphatic carbocycles. The van der Waals surface area contributed by atoms with Gasteiger partial charge < -0.3 is 15.4 Å². The lowest BCUT2D eigenvalue weighted by Crippen LogP contribution is -2.62. The third-order valence-corrected chi connectivity index (χ3v) is 5.05. The van der Waals surface area contributed by atoms with E-state index in [0.717, 1.165) is 44.9 Å². The number of carbonyl (C=O) groups is 1. The summed E-state index contributed by atoms with van der Waals surface area (Å²) in [6, 6.07) is 0. The number of carbonyl (C=O) groups excluding carboxylic acids is 1. The normalized spacial score (nSPS) is 26.8. The number of ether oxygens (including phenoxy) is 1. The van der Waals surface area contributed by atoms with E-state index in [1.807, 2.05) is 25.7 Å². The van der Waals surface area contributed by atoms with Gasteiger partial charge >= 0.3 is 6.09 Å². The largest absolute Gasteiger partial charge is 0.444 e. The molecule has 22 heavy (non-hydrogen) atoms. The van der Waals surface area contributed by atoms with E-state index in [4.69, 9.17) is 10.5 Å². The average molecular weight is 311 g/mol. The van der Waals surface area contributed by atoms with Gasteiger partial charge in [0.25, 0.3) is 0 Å². The number of nitrogens with two attached hydrogens (primary N) is 1. The number of hydrogen-bond donors (Lipinski definition) is 1. The number of likely N-dealkylation sites (tertiary alicyclic amines) is 2. The van der Waals surface area contributed by atoms with Gasteiger partial charge in [-0.25, -0.2) is 4.79 Å². The molecule has 1 amide bonds. The number of nitrogens with zero attached hydrogens (tertiary/aromatic N) is 2. The molecule has 0 aromatic carbocycles. The maximum atomic E-state index is 12.2. The van der Waals surface area contributed by atoms with E-state index in [1.165, 1.54) is 12.8 Å². The van der Waals surface area contributed by atoms with Crippen LogP contribution in [0.5, 0.6) is 0 Å². The van der Waals surface area contributed by atoms with Gasteiger partial charge in [-0.1, -0.05) is 6.92 Å². The minimum atomic E-state index is -0.429. The van der Waals surface area contributed by atoms with Crippen LogP contribution in [0, 0.1) is 5.92 Å². The standard InChI is InChI=1S/C17H33N3O2/c1-14-6-5-9-20(12-14)17(13-18)7-10-19(11-8-17)15(21)22-16(2,3)4/h14H,5-13,18H2,1-4H3/t14-/m1/s1. The molecule has 2 saturated heterocycles. The van der Waals surface area contributed by atoms with Crippen LogP contribution in [0.2, 0.25) is 0 Å². The van der Waals surface area contributed by atoms with Crippen LogP contribution in [0.15, 0.2) is 0 Å². The van der Waals surface area contributed by atoms with Crippen LogP contribution in [-0.2, 0) is 4.74 Å². The summed E-state index contributed by atoms with van der Waals surface area (Å²) in [4.78, 5) is 16.6. The molecule has 2 heterocycles. The zero-order valence-electron chi connectivity index (χ0n) is 14.7. The fraction of sp³-hybridized carbons (Fsp3) is 0.941. The number of amides is 1. The SMILES string of the molecule is C[C@@H]1CCCN(C2(CN)CCN(C(=O)OC(C)(C)C)CC2)C1. The molecule has 1 atom stereocenters. The average Bonchev–Trinajstić information content (AvgIpc) is 2.45. The lowest BCUT2D eigenvalue weighted by molar-refractivity contribution is -0.0158. The van der Waals surface area contributed by atoms with Crippen LogP contribution in [0.25, 0.3) is 0 Å². The third-order valence-electron chi connectivity index (χ3n) is 5.05. The summed E-state index contributed by atoms with van der Waals surface area (Å²) >= 11 is 0. The third kappa shape index (κ3) is 4.13. The van der Waals surface area contributed by atoms with Crippen molar-refractivity contribution in [3.63, 3.8) is 0 Å². The fourth-order valence-electron chi connectivity index (χ4n) is 3.70. The molecule has 128 valence electrons. The van der Waals surface area contributed by atoms with E-state index in [2.05, 4.69) is 11.8 Å². The first-order valence-corrected chi connectivity index (χ1v) is 8.69. The van der Waals surface area contributed by atoms with E-state index >= 15 is 0 Å². The number of piperidine rings is 2. The Balaban J connectivity index is 1.95. The number of hydrogen-bond acceptors (Lipinski definition) is 4. The highest BCUT2D eigenvalue weighted by Crippen LogP contribution is 2.32. The molecular formula is C17H33N3O2. The van der Waals surface area contributed by atoms with Crippen LogP contribution in [0.1, 0.15) is 53.4 Å². The maximum absolute atomic E-state index is 12.2. The topological polar surface area (TPSA) is 58.8 Å². The van der Waals surface area contributed by atoms with Gasteiger partial charge in [0.2, 0.25) is 0 Å². The molecule has 2 aliphatic rings. The minimum absolute atomic E-state index is 0.0766. The van der Waals surface area contributed by atoms with Gasteiger partial charge in [-0.05, 0) is 58.9 Å². The van der Waals surface area contributed by atoms with Crippen molar-refractivity contribution >= 4 is 6.09 Å². The molecule has 0 spiro atoms. The summed E-state index contributed by atoms with van der Waals surface area (Å²) in [5.74, 6) is 0.751. The van der Waals surface area contributed by atoms with Crippen LogP contribution in [0.4, 0.5) is 4.79 Å². The zero-order chi connectivity index (χ0) is 16.4. The molecule has 0 bridgehead atoms. The highest BCUT2D eigenvalue weighted by atomic mass is 16.6. The summed E-state index contributed by atoms with van der Waals surface area (Å²) in [5.41, 5.74) is 5.81. The molecule has 2 N–H and O–H groups in total. The van der Waals surface area contributed by atoms with E-state index < -0.39 is 5.60 Å². The maximum Gasteiger partial charge on any atom is 0.410 e. The second kappa shape index (κ2) is 6.75. The molecule has 0 unspecified atom stereocenters. The summed E-state index contributed by atoms with van der Waals surface area (Å²) < 4.78 is 5.48. The highest BCUT2D eigenvalue weighted by Gasteiger charge is 2.41. The van der Waals surface area contributed by atoms with Crippen LogP contribution in [0.3, 0.4) is 0 Å². The zero-order valence-corrected chi connectivity index (χ0v) is 14.7. The molecule has 2 rings (SSSR count). The first kappa shape index (κ1) is 17.5. The first-order valence-electron chi connectivity index (χ1n) is 8.69. The predicted octanol–water partition coefficient (Wildman–Crippen LogP) is 2.45. The van der Waals surface area contributed by atoms with Gasteiger partial charge in [-0.3, -0.25) is 4.90 Å². The van der Waals surface area contributed by atoms with Gasteiger partial charge in [0, 0.05) is 31.7 Å². The quantitative estimate of drug-likeness (QED) is 0.851. The van der Waals surface area contributed by atoms with E-state index in [9.17, 15) is 4.79 Å². The molecular weight excluding hydrogens is 278 g/mol. The van der Waals surface area contributed by atoms with Crippen molar-refractivity contribution < 1.29 is 9.53 Å². The Morgan fingerprint density at radius 2 is 1.91 bits per heavy atom. The second-order valence-corrected chi connectivity index (χ2v) is 8.09. The van der Waals surface area contributed by atoms with Gasteiger partial charge in [-0.15, -0.1) is 0 Å². The van der Waals surface area contributed by atoms with Crippen molar-refractivity contribution in [3.8, 4) is 0 Å². The van der Waals surface area contributed by atoms with Gasteiger partial charge in [0.15, 0.2) is 0 Å². The van der Waals surface area contributed by atoms with Gasteiger partial charge in [0.1, 0.15) is 5.60 Å². The Hall–Kier alpha value is -0.810. The Morgan fingerprint density at radius 3 is 2.41 bits per heavy atom. The monoisotopic (exact) mass is 311 g/mol. The van der Waals surface area contributed by atoms with Gasteiger partial charge in [0.05, 0.1) is 0 Å². The first-order chi connectivity index (χ1) is 10.3. The van der Waals surface area contributed by atoms with Crippen LogP contribution >= 0.6 is 0 Å². The molecule has 0 saturated carbocycles. The second-order valence-electron chi connectivity index (χ2n) is 8.09. The smallest absolute Gasteiger partial charge is 0.410 e. The summed E-state index contributed by atoms with van der Waals surface area (Å²) in [5, 5.41) is 0. The molecule has 5 heteroatoms. The highest BCUT2D eigenvalue weighted by molar-refractivity contribution is 5.68. The van der Waals surface area contributed by atoms with Crippen LogP contribution < -0.4 is 5.73 Å². The van der Waals surface area contributed by atoms with Crippen molar-refractivity contribution in [2.75, 3.05) is 32.7 Å². The van der Waals surface area contributed by atoms with Crippen molar-refractivity contribution in [1.82, 2.24) is 9.80 Å². The molecule has 5 nitrogen and oxygen atoms in total. The molecule has 0 radical (unpaired) electrons. The summed E-state index contributed by atoms with van der Waals surface area (Å²) in [7, 11) is 0. The van der Waals surface area contributed by atoms with Crippen molar-refractivity contribution in [2.45, 2.75) is 64.5 Å². The summed E-state index contributed by atoms with van der Waals surface area (Å²) in [6.07, 6.45) is 4.30. The van der Waals surface area contributed by atoms with Crippen LogP contribution in [-0.4, -0.2) is 59.8 Å². The van der Waals surface area contributed by atoms with Crippen molar-refractivity contribution in [1.29, 1.82) is 0 Å². The Morgan fingerprint density at radius 1 is 1.27 bits per heavy atom. The predicted molar refractivity (Wildman–Crippen MR) is 88.8 cm³/mol. The number of rotatable bonds is 2. The molecule has 2 aliphatic heterocycles. The summed E-state index contributed by atoms with van der Waals surface area (Å²) in [6.45, 7) is 12.5. The Labute approximate surface area is 135 Å². The molecule has 2 fully saturated rings. The Bertz CT molecular complexity index is 384. The van der Waals surface area contributed by atoms with E-state index in [0.29, 0.717) is 6.54 Å². The fourth-order valence-corrected chi connectivity index (χ4v) is 3.70. The lowest BCUT2D eigenvalue weighted by Gasteiger charge is -2.50.